The minimum Gasteiger partial charge on any atom is -0.466 e. The average Bonchev–Trinajstić information content (AvgIpc) is 2.49. The molecule has 0 unspecified atom stereocenters. The summed E-state index contributed by atoms with van der Waals surface area (Å²) < 4.78 is 5.05. The lowest BCUT2D eigenvalue weighted by Crippen LogP contribution is -2.34. The van der Waals surface area contributed by atoms with E-state index in [9.17, 15) is 4.79 Å². The van der Waals surface area contributed by atoms with Crippen LogP contribution in [0.15, 0.2) is 24.3 Å². The van der Waals surface area contributed by atoms with E-state index in [2.05, 4.69) is 49.9 Å². The number of piperidine rings is 1. The van der Waals surface area contributed by atoms with E-state index in [0.29, 0.717) is 18.9 Å². The molecule has 0 bridgehead atoms. The molecule has 23 heavy (non-hydrogen) atoms. The average molecular weight is 317 g/mol. The number of carbonyl (C=O) groups is 1. The van der Waals surface area contributed by atoms with Crippen molar-refractivity contribution in [3.05, 3.63) is 35.4 Å². The van der Waals surface area contributed by atoms with E-state index in [1.165, 1.54) is 11.1 Å². The maximum absolute atomic E-state index is 11.6. The maximum atomic E-state index is 11.6. The van der Waals surface area contributed by atoms with Crippen molar-refractivity contribution in [1.29, 1.82) is 0 Å². The van der Waals surface area contributed by atoms with Gasteiger partial charge in [0.15, 0.2) is 0 Å². The molecule has 0 aliphatic carbocycles. The number of benzene rings is 1. The van der Waals surface area contributed by atoms with Crippen molar-refractivity contribution in [3.8, 4) is 0 Å². The van der Waals surface area contributed by atoms with E-state index in [-0.39, 0.29) is 11.4 Å². The van der Waals surface area contributed by atoms with Crippen LogP contribution in [0.2, 0.25) is 0 Å². The zero-order valence-electron chi connectivity index (χ0n) is 15.1. The van der Waals surface area contributed by atoms with Gasteiger partial charge in [-0.25, -0.2) is 0 Å². The van der Waals surface area contributed by atoms with Gasteiger partial charge in [0, 0.05) is 13.0 Å². The van der Waals surface area contributed by atoms with Gasteiger partial charge in [-0.3, -0.25) is 9.69 Å². The summed E-state index contributed by atoms with van der Waals surface area (Å²) in [6, 6.07) is 9.02. The minimum atomic E-state index is -0.0382. The van der Waals surface area contributed by atoms with Crippen LogP contribution in [0.25, 0.3) is 0 Å². The van der Waals surface area contributed by atoms with E-state index in [1.54, 1.807) is 0 Å². The van der Waals surface area contributed by atoms with E-state index in [4.69, 9.17) is 4.74 Å². The molecule has 1 aromatic carbocycles. The minimum absolute atomic E-state index is 0.0382. The molecule has 3 heteroatoms. The Hall–Kier alpha value is -1.35. The zero-order chi connectivity index (χ0) is 16.9. The van der Waals surface area contributed by atoms with Crippen LogP contribution in [-0.2, 0) is 21.5 Å². The summed E-state index contributed by atoms with van der Waals surface area (Å²) in [5.41, 5.74) is 2.97. The second kappa shape index (κ2) is 7.96. The quantitative estimate of drug-likeness (QED) is 0.764. The number of likely N-dealkylation sites (tertiary alicyclic amines) is 1. The Bertz CT molecular complexity index is 493. The molecule has 0 saturated carbocycles. The number of esters is 1. The molecule has 3 nitrogen and oxygen atoms in total. The fraction of sp³-hybridized carbons (Fsp3) is 0.650. The molecule has 1 aliphatic rings. The van der Waals surface area contributed by atoms with Crippen LogP contribution < -0.4 is 0 Å². The number of hydrogen-bond donors (Lipinski definition) is 0. The topological polar surface area (TPSA) is 29.5 Å². The second-order valence-electron chi connectivity index (χ2n) is 7.68. The van der Waals surface area contributed by atoms with Gasteiger partial charge in [0.1, 0.15) is 0 Å². The number of nitrogens with zero attached hydrogens (tertiary/aromatic N) is 1. The molecule has 1 fully saturated rings. The Morgan fingerprint density at radius 3 is 2.30 bits per heavy atom. The number of rotatable bonds is 5. The first-order valence-electron chi connectivity index (χ1n) is 8.86. The van der Waals surface area contributed by atoms with Crippen LogP contribution in [0.4, 0.5) is 0 Å². The lowest BCUT2D eigenvalue weighted by molar-refractivity contribution is -0.144. The van der Waals surface area contributed by atoms with Gasteiger partial charge in [-0.15, -0.1) is 0 Å². The molecule has 0 atom stereocenters. The fourth-order valence-electron chi connectivity index (χ4n) is 3.17. The molecule has 1 saturated heterocycles. The van der Waals surface area contributed by atoms with Gasteiger partial charge >= 0.3 is 5.97 Å². The van der Waals surface area contributed by atoms with Crippen LogP contribution in [0.3, 0.4) is 0 Å². The molecular weight excluding hydrogens is 286 g/mol. The highest BCUT2D eigenvalue weighted by Gasteiger charge is 2.22. The van der Waals surface area contributed by atoms with Gasteiger partial charge in [-0.1, -0.05) is 45.0 Å². The van der Waals surface area contributed by atoms with Crippen molar-refractivity contribution in [3.63, 3.8) is 0 Å². The van der Waals surface area contributed by atoms with Crippen molar-refractivity contribution in [2.45, 2.75) is 58.9 Å². The van der Waals surface area contributed by atoms with E-state index in [1.807, 2.05) is 6.92 Å². The van der Waals surface area contributed by atoms with Crippen LogP contribution in [0, 0.1) is 5.92 Å². The van der Waals surface area contributed by atoms with Gasteiger partial charge in [0.25, 0.3) is 0 Å². The van der Waals surface area contributed by atoms with Crippen molar-refractivity contribution >= 4 is 5.97 Å². The van der Waals surface area contributed by atoms with Crippen molar-refractivity contribution < 1.29 is 9.53 Å². The molecule has 0 N–H and O–H groups in total. The molecule has 1 aromatic rings. The van der Waals surface area contributed by atoms with Crippen molar-refractivity contribution in [2.24, 2.45) is 5.92 Å². The summed E-state index contributed by atoms with van der Waals surface area (Å²) in [7, 11) is 0. The zero-order valence-corrected chi connectivity index (χ0v) is 15.1. The molecular formula is C20H31NO2. The summed E-state index contributed by atoms with van der Waals surface area (Å²) >= 11 is 0. The van der Waals surface area contributed by atoms with Crippen LogP contribution in [-0.4, -0.2) is 30.6 Å². The molecule has 0 spiro atoms. The third kappa shape index (κ3) is 5.65. The molecule has 128 valence electrons. The van der Waals surface area contributed by atoms with E-state index in [0.717, 1.165) is 32.5 Å². The van der Waals surface area contributed by atoms with Crippen molar-refractivity contribution in [1.82, 2.24) is 4.90 Å². The third-order valence-corrected chi connectivity index (χ3v) is 4.69. The fourth-order valence-corrected chi connectivity index (χ4v) is 3.17. The number of carbonyl (C=O) groups excluding carboxylic acids is 1. The van der Waals surface area contributed by atoms with Gasteiger partial charge in [-0.2, -0.15) is 0 Å². The van der Waals surface area contributed by atoms with Crippen molar-refractivity contribution in [2.75, 3.05) is 19.7 Å². The van der Waals surface area contributed by atoms with Gasteiger partial charge in [0.05, 0.1) is 6.61 Å². The first-order valence-corrected chi connectivity index (χ1v) is 8.86. The maximum Gasteiger partial charge on any atom is 0.306 e. The monoisotopic (exact) mass is 317 g/mol. The summed E-state index contributed by atoms with van der Waals surface area (Å²) in [6.45, 7) is 12.3. The van der Waals surface area contributed by atoms with Gasteiger partial charge < -0.3 is 4.74 Å². The van der Waals surface area contributed by atoms with E-state index < -0.39 is 0 Å². The predicted octanol–water partition coefficient (Wildman–Crippen LogP) is 4.15. The summed E-state index contributed by atoms with van der Waals surface area (Å²) in [5, 5.41) is 0. The Morgan fingerprint density at radius 2 is 1.78 bits per heavy atom. The summed E-state index contributed by atoms with van der Waals surface area (Å²) in [5.74, 6) is 0.456. The highest BCUT2D eigenvalue weighted by molar-refractivity contribution is 5.69. The van der Waals surface area contributed by atoms with Crippen LogP contribution in [0.5, 0.6) is 0 Å². The predicted molar refractivity (Wildman–Crippen MR) is 94.4 cm³/mol. The summed E-state index contributed by atoms with van der Waals surface area (Å²) in [6.07, 6.45) is 2.78. The highest BCUT2D eigenvalue weighted by atomic mass is 16.5. The largest absolute Gasteiger partial charge is 0.466 e. The first kappa shape index (κ1) is 18.0. The molecule has 2 rings (SSSR count). The Balaban J connectivity index is 1.79. The van der Waals surface area contributed by atoms with E-state index >= 15 is 0 Å². The lowest BCUT2D eigenvalue weighted by Gasteiger charge is -2.31. The highest BCUT2D eigenvalue weighted by Crippen LogP contribution is 2.24. The molecule has 1 heterocycles. The lowest BCUT2D eigenvalue weighted by atomic mass is 9.86. The van der Waals surface area contributed by atoms with Crippen LogP contribution in [0.1, 0.15) is 58.1 Å². The second-order valence-corrected chi connectivity index (χ2v) is 7.68. The normalized spacial score (nSPS) is 17.2. The molecule has 0 aromatic heterocycles. The Kier molecular flexibility index (Phi) is 6.23. The van der Waals surface area contributed by atoms with Gasteiger partial charge in [0.2, 0.25) is 0 Å². The smallest absolute Gasteiger partial charge is 0.306 e. The third-order valence-electron chi connectivity index (χ3n) is 4.69. The number of ether oxygens (including phenoxy) is 1. The Labute approximate surface area is 141 Å². The molecule has 1 aliphatic heterocycles. The Morgan fingerprint density at radius 1 is 1.17 bits per heavy atom. The molecule has 0 amide bonds. The number of hydrogen-bond acceptors (Lipinski definition) is 3. The first-order chi connectivity index (χ1) is 10.9. The van der Waals surface area contributed by atoms with Gasteiger partial charge in [-0.05, 0) is 55.3 Å². The standard InChI is InChI=1S/C20H31NO2/c1-5-23-19(22)14-16-10-12-21(13-11-16)15-17-6-8-18(9-7-17)20(2,3)4/h6-9,16H,5,10-15H2,1-4H3. The van der Waals surface area contributed by atoms with Crippen LogP contribution >= 0.6 is 0 Å². The summed E-state index contributed by atoms with van der Waals surface area (Å²) in [4.78, 5) is 14.1. The molecule has 0 radical (unpaired) electrons. The SMILES string of the molecule is CCOC(=O)CC1CCN(Cc2ccc(C(C)(C)C)cc2)CC1.